The Morgan fingerprint density at radius 1 is 0.809 bits per heavy atom. The van der Waals surface area contributed by atoms with E-state index in [1.165, 1.54) is 26.2 Å². The molecular weight excluding hydrogens is 611 g/mol. The second kappa shape index (κ2) is 13.6. The summed E-state index contributed by atoms with van der Waals surface area (Å²) in [6.07, 6.45) is 6.47. The van der Waals surface area contributed by atoms with Gasteiger partial charge in [-0.15, -0.1) is 11.8 Å². The topological polar surface area (TPSA) is 109 Å². The molecule has 4 atom stereocenters. The summed E-state index contributed by atoms with van der Waals surface area (Å²) < 4.78 is 13.2. The van der Waals surface area contributed by atoms with Gasteiger partial charge in [0, 0.05) is 46.0 Å². The van der Waals surface area contributed by atoms with Gasteiger partial charge in [0.25, 0.3) is 0 Å². The van der Waals surface area contributed by atoms with Crippen LogP contribution in [0.4, 0.5) is 16.2 Å². The molecule has 1 saturated heterocycles. The molecule has 4 N–H and O–H groups in total. The Hall–Kier alpha value is -3.37. The van der Waals surface area contributed by atoms with Crippen molar-refractivity contribution >= 4 is 35.1 Å². The fourth-order valence-corrected chi connectivity index (χ4v) is 9.78. The normalized spacial score (nSPS) is 30.9. The number of anilines is 2. The zero-order valence-corrected chi connectivity index (χ0v) is 27.9. The van der Waals surface area contributed by atoms with Crippen molar-refractivity contribution in [1.82, 2.24) is 5.32 Å². The number of hydrogen-bond donors (Lipinski definition) is 4. The standard InChI is InChI=1S/C38H45N3O5S/c1-23-34(22-47-33-13-11-31(12-14-33)39-24(2)43)45-36(46-35(23)29-5-3-25(21-42)4-6-29)30-7-9-32(10-8-30)40-37(44)41-38-18-26-15-27(19-38)17-28(16-26)20-38/h3-14,23,26-28,34-36,42H,15-22H2,1-2H3,(H,39,43)(H2,40,41,44). The van der Waals surface area contributed by atoms with Crippen LogP contribution in [0.3, 0.4) is 0 Å². The average molecular weight is 656 g/mol. The molecule has 3 aromatic rings. The summed E-state index contributed by atoms with van der Waals surface area (Å²) in [6, 6.07) is 23.4. The predicted octanol–water partition coefficient (Wildman–Crippen LogP) is 7.81. The molecule has 3 amide bonds. The van der Waals surface area contributed by atoms with Gasteiger partial charge < -0.3 is 30.5 Å². The molecule has 8 rings (SSSR count). The minimum Gasteiger partial charge on any atom is -0.392 e. The summed E-state index contributed by atoms with van der Waals surface area (Å²) in [5, 5.41) is 18.9. The Balaban J connectivity index is 1.03. The molecule has 4 saturated carbocycles. The first-order valence-corrected chi connectivity index (χ1v) is 17.9. The summed E-state index contributed by atoms with van der Waals surface area (Å²) in [7, 11) is 0. The number of carbonyl (C=O) groups is 2. The number of aliphatic hydroxyl groups excluding tert-OH is 1. The van der Waals surface area contributed by atoms with E-state index >= 15 is 0 Å². The van der Waals surface area contributed by atoms with Gasteiger partial charge in [-0.1, -0.05) is 43.3 Å². The monoisotopic (exact) mass is 655 g/mol. The van der Waals surface area contributed by atoms with Gasteiger partial charge in [-0.2, -0.15) is 0 Å². The number of benzene rings is 3. The van der Waals surface area contributed by atoms with E-state index in [2.05, 4.69) is 22.9 Å². The van der Waals surface area contributed by atoms with Gasteiger partial charge in [-0.3, -0.25) is 4.79 Å². The number of urea groups is 1. The van der Waals surface area contributed by atoms with Crippen LogP contribution in [0.15, 0.2) is 77.7 Å². The fourth-order valence-electron chi connectivity index (χ4n) is 8.72. The largest absolute Gasteiger partial charge is 0.392 e. The van der Waals surface area contributed by atoms with Gasteiger partial charge in [0.05, 0.1) is 18.8 Å². The number of rotatable bonds is 9. The Morgan fingerprint density at radius 2 is 1.38 bits per heavy atom. The highest BCUT2D eigenvalue weighted by molar-refractivity contribution is 7.99. The average Bonchev–Trinajstić information content (AvgIpc) is 3.04. The van der Waals surface area contributed by atoms with Crippen molar-refractivity contribution in [2.75, 3.05) is 16.4 Å². The summed E-state index contributed by atoms with van der Waals surface area (Å²) >= 11 is 1.71. The van der Waals surface area contributed by atoms with Gasteiger partial charge in [0.2, 0.25) is 5.91 Å². The van der Waals surface area contributed by atoms with Crippen LogP contribution in [0.1, 0.15) is 81.5 Å². The first kappa shape index (κ1) is 32.2. The highest BCUT2D eigenvalue weighted by Crippen LogP contribution is 2.55. The number of aliphatic hydroxyl groups is 1. The SMILES string of the molecule is CC(=O)Nc1ccc(SCC2OC(c3ccc(NC(=O)NC45CC6CC(CC(C6)C4)C5)cc3)OC(c3ccc(CO)cc3)C2C)cc1. The van der Waals surface area contributed by atoms with E-state index in [1.54, 1.807) is 11.8 Å². The van der Waals surface area contributed by atoms with Crippen LogP contribution >= 0.6 is 11.8 Å². The zero-order chi connectivity index (χ0) is 32.5. The Bertz CT molecular complexity index is 1530. The summed E-state index contributed by atoms with van der Waals surface area (Å²) in [4.78, 5) is 25.6. The molecular formula is C38H45N3O5S. The number of thioether (sulfide) groups is 1. The van der Waals surface area contributed by atoms with Crippen molar-refractivity contribution in [2.45, 2.75) is 87.9 Å². The van der Waals surface area contributed by atoms with Gasteiger partial charge in [0.1, 0.15) is 0 Å². The highest BCUT2D eigenvalue weighted by Gasteiger charge is 2.51. The number of carbonyl (C=O) groups excluding carboxylic acids is 2. The first-order valence-electron chi connectivity index (χ1n) is 16.9. The van der Waals surface area contributed by atoms with Gasteiger partial charge in [-0.25, -0.2) is 4.79 Å². The Kier molecular flexibility index (Phi) is 9.33. The molecule has 4 bridgehead atoms. The van der Waals surface area contributed by atoms with Crippen LogP contribution in [0, 0.1) is 23.7 Å². The number of amides is 3. The molecule has 248 valence electrons. The molecule has 5 aliphatic rings. The molecule has 5 fully saturated rings. The van der Waals surface area contributed by atoms with Crippen molar-refractivity contribution in [3.8, 4) is 0 Å². The molecule has 3 aromatic carbocycles. The third-order valence-electron chi connectivity index (χ3n) is 10.6. The smallest absolute Gasteiger partial charge is 0.319 e. The second-order valence-corrected chi connectivity index (χ2v) is 15.3. The minimum atomic E-state index is -0.587. The van der Waals surface area contributed by atoms with Gasteiger partial charge >= 0.3 is 6.03 Å². The van der Waals surface area contributed by atoms with E-state index in [0.717, 1.165) is 75.7 Å². The molecule has 9 heteroatoms. The summed E-state index contributed by atoms with van der Waals surface area (Å²) in [5.41, 5.74) is 4.26. The van der Waals surface area contributed by atoms with Gasteiger partial charge in [-0.05, 0) is 104 Å². The molecule has 1 aliphatic heterocycles. The molecule has 0 spiro atoms. The van der Waals surface area contributed by atoms with Crippen LogP contribution in [0.5, 0.6) is 0 Å². The van der Waals surface area contributed by atoms with Crippen molar-refractivity contribution in [3.63, 3.8) is 0 Å². The molecule has 1 heterocycles. The van der Waals surface area contributed by atoms with E-state index in [1.807, 2.05) is 72.8 Å². The lowest BCUT2D eigenvalue weighted by molar-refractivity contribution is -0.268. The predicted molar refractivity (Wildman–Crippen MR) is 184 cm³/mol. The quantitative estimate of drug-likeness (QED) is 0.175. The third kappa shape index (κ3) is 7.38. The molecule has 47 heavy (non-hydrogen) atoms. The van der Waals surface area contributed by atoms with Gasteiger partial charge in [0.15, 0.2) is 6.29 Å². The zero-order valence-electron chi connectivity index (χ0n) is 27.1. The maximum Gasteiger partial charge on any atom is 0.319 e. The number of nitrogens with one attached hydrogen (secondary N) is 3. The van der Waals surface area contributed by atoms with E-state index in [4.69, 9.17) is 9.47 Å². The van der Waals surface area contributed by atoms with Crippen molar-refractivity contribution in [2.24, 2.45) is 23.7 Å². The Labute approximate surface area is 281 Å². The minimum absolute atomic E-state index is 0.00592. The molecule has 8 nitrogen and oxygen atoms in total. The maximum absolute atomic E-state index is 13.2. The van der Waals surface area contributed by atoms with Crippen molar-refractivity contribution in [1.29, 1.82) is 0 Å². The molecule has 4 aliphatic carbocycles. The lowest BCUT2D eigenvalue weighted by atomic mass is 9.53. The van der Waals surface area contributed by atoms with E-state index in [9.17, 15) is 14.7 Å². The lowest BCUT2D eigenvalue weighted by Crippen LogP contribution is -2.60. The van der Waals surface area contributed by atoms with E-state index < -0.39 is 6.29 Å². The fraction of sp³-hybridized carbons (Fsp3) is 0.474. The van der Waals surface area contributed by atoms with E-state index in [0.29, 0.717) is 0 Å². The van der Waals surface area contributed by atoms with E-state index in [-0.39, 0.29) is 42.2 Å². The highest BCUT2D eigenvalue weighted by atomic mass is 32.2. The maximum atomic E-state index is 13.2. The number of hydrogen-bond acceptors (Lipinski definition) is 6. The molecule has 4 unspecified atom stereocenters. The van der Waals surface area contributed by atoms with Crippen molar-refractivity contribution in [3.05, 3.63) is 89.5 Å². The number of ether oxygens (including phenoxy) is 2. The van der Waals surface area contributed by atoms with Crippen LogP contribution in [-0.4, -0.2) is 34.4 Å². The second-order valence-electron chi connectivity index (χ2n) is 14.2. The van der Waals surface area contributed by atoms with Crippen LogP contribution in [0.25, 0.3) is 0 Å². The summed E-state index contributed by atoms with van der Waals surface area (Å²) in [5.74, 6) is 3.00. The first-order chi connectivity index (χ1) is 22.7. The van der Waals surface area contributed by atoms with Crippen molar-refractivity contribution < 1.29 is 24.2 Å². The summed E-state index contributed by atoms with van der Waals surface area (Å²) in [6.45, 7) is 3.65. The molecule has 0 radical (unpaired) electrons. The van der Waals surface area contributed by atoms with Crippen LogP contribution in [0.2, 0.25) is 0 Å². The lowest BCUT2D eigenvalue weighted by Gasteiger charge is -2.56. The third-order valence-corrected chi connectivity index (χ3v) is 11.7. The van der Waals surface area contributed by atoms with Crippen LogP contribution in [-0.2, 0) is 20.9 Å². The van der Waals surface area contributed by atoms with Crippen LogP contribution < -0.4 is 16.0 Å². The molecule has 0 aromatic heterocycles. The Morgan fingerprint density at radius 3 is 1.98 bits per heavy atom.